The largest absolute Gasteiger partial charge is 1.00 e. The zero-order valence-corrected chi connectivity index (χ0v) is 30.1. The standard InChI is InChI=1S/C13H19NO.C12H11Si.C9H13.2ClH.Zr/c1-8(2)10-6-5-7-11(9(3)4)12(10)13(14)15;1-3-7-11(8-4-1)13-12-9-5-2-6-10-12;1-6-5-7(2)9(4)8(6)3;;;/h5-9H,1-4H3,(H2,14,15);1-10,13H;6H,1-4H3;2*1H;/q;;;;;+3/p-3. The van der Waals surface area contributed by atoms with Gasteiger partial charge in [-0.05, 0) is 0 Å². The van der Waals surface area contributed by atoms with Crippen LogP contribution >= 0.6 is 0 Å². The molecule has 1 amide bonds. The van der Waals surface area contributed by atoms with Gasteiger partial charge in [-0.2, -0.15) is 0 Å². The first-order valence-electron chi connectivity index (χ1n) is 13.9. The van der Waals surface area contributed by atoms with E-state index in [1.807, 2.05) is 0 Å². The molecule has 1 aliphatic carbocycles. The van der Waals surface area contributed by atoms with E-state index in [0.29, 0.717) is 5.92 Å². The van der Waals surface area contributed by atoms with Crippen LogP contribution in [-0.2, 0) is 21.2 Å². The maximum Gasteiger partial charge on any atom is -1.00 e. The smallest absolute Gasteiger partial charge is 1.00 e. The number of carbonyl (C=O) groups is 1. The summed E-state index contributed by atoms with van der Waals surface area (Å²) in [6, 6.07) is 28.5. The van der Waals surface area contributed by atoms with Crippen LogP contribution in [0.4, 0.5) is 0 Å². The van der Waals surface area contributed by atoms with E-state index in [4.69, 9.17) is 0 Å². The van der Waals surface area contributed by atoms with Gasteiger partial charge in [-0.25, -0.2) is 0 Å². The molecule has 0 radical (unpaired) electrons. The van der Waals surface area contributed by atoms with Crippen molar-refractivity contribution >= 4 is 22.2 Å². The summed E-state index contributed by atoms with van der Waals surface area (Å²) in [7, 11) is 0. The van der Waals surface area contributed by atoms with Gasteiger partial charge in [0, 0.05) is 0 Å². The summed E-state index contributed by atoms with van der Waals surface area (Å²) in [6.45, 7) is 18.0. The molecule has 0 fully saturated rings. The van der Waals surface area contributed by atoms with Gasteiger partial charge in [-0.15, -0.1) is 0 Å². The quantitative estimate of drug-likeness (QED) is 0.357. The Bertz CT molecular complexity index is 1300. The van der Waals surface area contributed by atoms with Crippen molar-refractivity contribution in [2.75, 3.05) is 0 Å². The maximum atomic E-state index is 14.5. The number of hydrogen-bond acceptors (Lipinski definition) is 1. The molecule has 0 bridgehead atoms. The zero-order chi connectivity index (χ0) is 27.6. The summed E-state index contributed by atoms with van der Waals surface area (Å²) in [4.78, 5) is 14.5. The third-order valence-corrected chi connectivity index (χ3v) is 27.5. The molecule has 2 nitrogen and oxygen atoms in total. The summed E-state index contributed by atoms with van der Waals surface area (Å²) in [5.74, 6) is -0.624. The second-order valence-electron chi connectivity index (χ2n) is 11.3. The summed E-state index contributed by atoms with van der Waals surface area (Å²) in [5, 5.41) is 2.87. The molecule has 0 saturated carbocycles. The molecule has 40 heavy (non-hydrogen) atoms. The summed E-state index contributed by atoms with van der Waals surface area (Å²) in [5.41, 5.74) is 7.53. The summed E-state index contributed by atoms with van der Waals surface area (Å²) < 4.78 is 5.48. The molecule has 1 atom stereocenters. The number of nitrogens with one attached hydrogen (secondary N) is 1. The molecule has 0 heterocycles. The Labute approximate surface area is 263 Å². The van der Waals surface area contributed by atoms with Gasteiger partial charge in [0.25, 0.3) is 0 Å². The number of allylic oxidation sites excluding steroid dienone is 4. The van der Waals surface area contributed by atoms with Crippen LogP contribution in [0.2, 0.25) is 0 Å². The van der Waals surface area contributed by atoms with Gasteiger partial charge in [0.05, 0.1) is 0 Å². The Kier molecular flexibility index (Phi) is 12.9. The molecular formula is C34H42Cl2NOSiZr. The van der Waals surface area contributed by atoms with E-state index in [1.54, 1.807) is 3.28 Å². The van der Waals surface area contributed by atoms with Crippen LogP contribution in [0.15, 0.2) is 98.9 Å². The Morgan fingerprint density at radius 1 is 0.725 bits per heavy atom. The molecule has 0 saturated heterocycles. The SMILES string of the molecule is CC1=C(C)C(C)[C]([Zr+2]([NH]C(=O)c2c(C(C)C)cccc2C(C)C)[SiH](c2ccccc2)c2ccccc2)=C1C.[Cl-].[Cl-]. The van der Waals surface area contributed by atoms with Gasteiger partial charge >= 0.3 is 240 Å². The fourth-order valence-corrected chi connectivity index (χ4v) is 27.6. The Hall–Kier alpha value is -1.71. The van der Waals surface area contributed by atoms with Gasteiger partial charge in [-0.3, -0.25) is 0 Å². The Balaban J connectivity index is 0.00000280. The molecule has 1 unspecified atom stereocenters. The third kappa shape index (κ3) is 7.01. The topological polar surface area (TPSA) is 29.1 Å². The van der Waals surface area contributed by atoms with E-state index in [9.17, 15) is 4.79 Å². The van der Waals surface area contributed by atoms with E-state index in [-0.39, 0.29) is 42.6 Å². The minimum Gasteiger partial charge on any atom is -1.00 e. The van der Waals surface area contributed by atoms with Crippen molar-refractivity contribution in [1.29, 1.82) is 0 Å². The molecule has 3 aromatic carbocycles. The Morgan fingerprint density at radius 2 is 1.18 bits per heavy atom. The van der Waals surface area contributed by atoms with E-state index in [0.717, 1.165) is 16.7 Å². The average Bonchev–Trinajstić information content (AvgIpc) is 3.11. The van der Waals surface area contributed by atoms with E-state index in [1.165, 1.54) is 27.1 Å². The van der Waals surface area contributed by atoms with Crippen molar-refractivity contribution < 1.29 is 50.8 Å². The van der Waals surface area contributed by atoms with Gasteiger partial charge in [0.1, 0.15) is 0 Å². The van der Waals surface area contributed by atoms with Gasteiger partial charge in [0.15, 0.2) is 0 Å². The molecule has 3 aromatic rings. The molecule has 0 aliphatic heterocycles. The molecule has 4 rings (SSSR count). The van der Waals surface area contributed by atoms with Crippen molar-refractivity contribution in [3.63, 3.8) is 0 Å². The molecule has 1 aliphatic rings. The number of benzene rings is 3. The van der Waals surface area contributed by atoms with Crippen molar-refractivity contribution in [1.82, 2.24) is 3.26 Å². The number of carbonyl (C=O) groups excluding carboxylic acids is 1. The minimum atomic E-state index is -2.81. The zero-order valence-electron chi connectivity index (χ0n) is 25.0. The van der Waals surface area contributed by atoms with Crippen molar-refractivity contribution in [3.8, 4) is 0 Å². The molecule has 0 spiro atoms. The Morgan fingerprint density at radius 3 is 1.55 bits per heavy atom. The van der Waals surface area contributed by atoms with Crippen LogP contribution in [0.1, 0.15) is 88.7 Å². The summed E-state index contributed by atoms with van der Waals surface area (Å²) >= 11 is -2.81. The van der Waals surface area contributed by atoms with E-state index < -0.39 is 27.1 Å². The molecular weight excluding hydrogens is 629 g/mol. The predicted octanol–water partition coefficient (Wildman–Crippen LogP) is 1.00. The normalized spacial score (nSPS) is 14.9. The second-order valence-corrected chi connectivity index (χ2v) is 25.2. The average molecular weight is 671 g/mol. The van der Waals surface area contributed by atoms with E-state index in [2.05, 4.69) is 138 Å². The first-order valence-corrected chi connectivity index (χ1v) is 22.4. The molecule has 6 heteroatoms. The third-order valence-electron chi connectivity index (χ3n) is 8.33. The monoisotopic (exact) mass is 668 g/mol. The first kappa shape index (κ1) is 34.5. The van der Waals surface area contributed by atoms with Crippen LogP contribution in [0.25, 0.3) is 0 Å². The maximum absolute atomic E-state index is 14.5. The molecule has 211 valence electrons. The van der Waals surface area contributed by atoms with E-state index >= 15 is 0 Å². The number of rotatable bonds is 8. The molecule has 0 aromatic heterocycles. The number of amides is 1. The van der Waals surface area contributed by atoms with Crippen molar-refractivity contribution in [2.24, 2.45) is 5.92 Å². The van der Waals surface area contributed by atoms with Gasteiger partial charge < -0.3 is 24.8 Å². The predicted molar refractivity (Wildman–Crippen MR) is 162 cm³/mol. The van der Waals surface area contributed by atoms with Crippen LogP contribution in [-0.4, -0.2) is 11.8 Å². The number of halogens is 2. The van der Waals surface area contributed by atoms with Gasteiger partial charge in [-0.1, -0.05) is 0 Å². The van der Waals surface area contributed by atoms with Crippen molar-refractivity contribution in [2.45, 2.75) is 67.2 Å². The first-order chi connectivity index (χ1) is 18.1. The van der Waals surface area contributed by atoms with Crippen LogP contribution < -0.4 is 38.4 Å². The fraction of sp³-hybridized carbons (Fsp3) is 0.324. The minimum absolute atomic E-state index is 0. The number of hydrogen-bond donors (Lipinski definition) is 1. The van der Waals surface area contributed by atoms with Crippen molar-refractivity contribution in [3.05, 3.63) is 116 Å². The van der Waals surface area contributed by atoms with Crippen LogP contribution in [0.5, 0.6) is 0 Å². The van der Waals surface area contributed by atoms with Crippen LogP contribution in [0.3, 0.4) is 0 Å². The van der Waals surface area contributed by atoms with Gasteiger partial charge in [0.2, 0.25) is 0 Å². The summed E-state index contributed by atoms with van der Waals surface area (Å²) in [6.07, 6.45) is 0. The molecule has 1 N–H and O–H groups in total. The fourth-order valence-electron chi connectivity index (χ4n) is 5.91. The van der Waals surface area contributed by atoms with Crippen LogP contribution in [0, 0.1) is 5.92 Å². The second kappa shape index (κ2) is 15.0.